The topological polar surface area (TPSA) is 77.5 Å². The molecule has 0 bridgehead atoms. The summed E-state index contributed by atoms with van der Waals surface area (Å²) in [5, 5.41) is 3.08. The lowest BCUT2D eigenvalue weighted by Gasteiger charge is -2.14. The van der Waals surface area contributed by atoms with Crippen molar-refractivity contribution in [1.82, 2.24) is 4.98 Å². The third-order valence-corrected chi connectivity index (χ3v) is 3.75. The van der Waals surface area contributed by atoms with Crippen molar-refractivity contribution in [3.05, 3.63) is 52.1 Å². The number of alkyl halides is 3. The number of ether oxygens (including phenoxy) is 2. The van der Waals surface area contributed by atoms with Crippen LogP contribution in [0.4, 0.5) is 18.9 Å². The molecule has 2 aromatic rings. The molecule has 0 aliphatic rings. The van der Waals surface area contributed by atoms with E-state index in [1.54, 1.807) is 0 Å². The zero-order valence-corrected chi connectivity index (χ0v) is 15.7. The molecule has 0 aliphatic carbocycles. The molecule has 11 heteroatoms. The molecule has 1 aromatic heterocycles. The van der Waals surface area contributed by atoms with Gasteiger partial charge >= 0.3 is 12.1 Å². The van der Waals surface area contributed by atoms with Crippen LogP contribution in [0.5, 0.6) is 5.88 Å². The highest BCUT2D eigenvalue weighted by Crippen LogP contribution is 2.25. The smallest absolute Gasteiger partial charge is 0.422 e. The van der Waals surface area contributed by atoms with Gasteiger partial charge < -0.3 is 14.8 Å². The number of hydrogen-bond donors (Lipinski definition) is 1. The number of benzene rings is 1. The van der Waals surface area contributed by atoms with Gasteiger partial charge in [-0.15, -0.1) is 0 Å². The van der Waals surface area contributed by atoms with Crippen molar-refractivity contribution in [2.24, 2.45) is 0 Å². The number of nitrogens with zero attached hydrogens (tertiary/aromatic N) is 1. The number of hydrogen-bond acceptors (Lipinski definition) is 5. The minimum absolute atomic E-state index is 0.0662. The number of carbonyl (C=O) groups excluding carboxylic acids is 2. The summed E-state index contributed by atoms with van der Waals surface area (Å²) in [7, 11) is 0. The first-order valence-corrected chi connectivity index (χ1v) is 8.43. The lowest BCUT2D eigenvalue weighted by atomic mass is 10.2. The van der Waals surface area contributed by atoms with Gasteiger partial charge in [0.1, 0.15) is 0 Å². The van der Waals surface area contributed by atoms with Crippen molar-refractivity contribution in [3.63, 3.8) is 0 Å². The Morgan fingerprint density at radius 2 is 1.93 bits per heavy atom. The van der Waals surface area contributed by atoms with Crippen LogP contribution in [0.15, 0.2) is 36.5 Å². The van der Waals surface area contributed by atoms with E-state index in [0.717, 1.165) is 12.3 Å². The summed E-state index contributed by atoms with van der Waals surface area (Å²) in [6.45, 7) is -0.167. The maximum atomic E-state index is 12.1. The van der Waals surface area contributed by atoms with E-state index in [9.17, 15) is 22.8 Å². The Hall–Kier alpha value is -2.52. The lowest BCUT2D eigenvalue weighted by Crippen LogP contribution is -2.30. The fraction of sp³-hybridized carbons (Fsp3) is 0.235. The minimum Gasteiger partial charge on any atom is -0.468 e. The summed E-state index contributed by atoms with van der Waals surface area (Å²) in [6.07, 6.45) is -4.70. The molecule has 28 heavy (non-hydrogen) atoms. The van der Waals surface area contributed by atoms with E-state index < -0.39 is 30.8 Å². The van der Waals surface area contributed by atoms with Crippen LogP contribution < -0.4 is 10.1 Å². The Labute approximate surface area is 167 Å². The lowest BCUT2D eigenvalue weighted by molar-refractivity contribution is -0.154. The van der Waals surface area contributed by atoms with Gasteiger partial charge in [0.25, 0.3) is 5.91 Å². The van der Waals surface area contributed by atoms with Crippen LogP contribution in [0, 0.1) is 0 Å². The molecule has 0 fully saturated rings. The van der Waals surface area contributed by atoms with Gasteiger partial charge in [-0.25, -0.2) is 9.78 Å². The van der Waals surface area contributed by atoms with Crippen LogP contribution in [-0.2, 0) is 9.53 Å². The highest BCUT2D eigenvalue weighted by molar-refractivity contribution is 6.36. The molecule has 1 amide bonds. The summed E-state index contributed by atoms with van der Waals surface area (Å²) in [5.41, 5.74) is 0.218. The third kappa shape index (κ3) is 6.58. The third-order valence-electron chi connectivity index (χ3n) is 3.20. The number of rotatable bonds is 6. The van der Waals surface area contributed by atoms with E-state index in [0.29, 0.717) is 5.02 Å². The van der Waals surface area contributed by atoms with Gasteiger partial charge in [0.15, 0.2) is 12.7 Å². The molecule has 1 heterocycles. The molecule has 1 aromatic carbocycles. The molecule has 0 saturated carbocycles. The second kappa shape index (κ2) is 9.11. The summed E-state index contributed by atoms with van der Waals surface area (Å²) in [5.74, 6) is -1.84. The molecule has 0 aliphatic heterocycles. The molecule has 6 nitrogen and oxygen atoms in total. The number of pyridine rings is 1. The largest absolute Gasteiger partial charge is 0.468 e. The normalized spacial score (nSPS) is 12.2. The average Bonchev–Trinajstić information content (AvgIpc) is 2.62. The Bertz CT molecular complexity index is 860. The predicted molar refractivity (Wildman–Crippen MR) is 95.8 cm³/mol. The van der Waals surface area contributed by atoms with Crippen LogP contribution in [0.25, 0.3) is 0 Å². The second-order valence-electron chi connectivity index (χ2n) is 5.45. The van der Waals surface area contributed by atoms with Crippen LogP contribution in [0.1, 0.15) is 17.3 Å². The van der Waals surface area contributed by atoms with Gasteiger partial charge in [0.05, 0.1) is 16.3 Å². The summed E-state index contributed by atoms with van der Waals surface area (Å²) in [6, 6.07) is 6.69. The molecule has 2 rings (SSSR count). The first kappa shape index (κ1) is 21.8. The highest BCUT2D eigenvalue weighted by Gasteiger charge is 2.28. The van der Waals surface area contributed by atoms with Crippen LogP contribution in [-0.4, -0.2) is 35.7 Å². The van der Waals surface area contributed by atoms with Crippen LogP contribution >= 0.6 is 23.2 Å². The molecule has 1 unspecified atom stereocenters. The zero-order chi connectivity index (χ0) is 20.9. The van der Waals surface area contributed by atoms with Gasteiger partial charge in [0, 0.05) is 17.3 Å². The number of nitrogens with one attached hydrogen (secondary N) is 1. The van der Waals surface area contributed by atoms with Crippen molar-refractivity contribution in [3.8, 4) is 5.88 Å². The molecular weight excluding hydrogens is 424 g/mol. The second-order valence-corrected chi connectivity index (χ2v) is 6.29. The van der Waals surface area contributed by atoms with E-state index in [1.165, 1.54) is 31.2 Å². The molecule has 1 N–H and O–H groups in total. The molecule has 0 spiro atoms. The summed E-state index contributed by atoms with van der Waals surface area (Å²) < 4.78 is 45.7. The van der Waals surface area contributed by atoms with E-state index in [-0.39, 0.29) is 22.2 Å². The first-order chi connectivity index (χ1) is 13.0. The van der Waals surface area contributed by atoms with Gasteiger partial charge in [-0.3, -0.25) is 4.79 Å². The van der Waals surface area contributed by atoms with Crippen LogP contribution in [0.3, 0.4) is 0 Å². The van der Waals surface area contributed by atoms with Gasteiger partial charge in [-0.1, -0.05) is 23.2 Å². The maximum Gasteiger partial charge on any atom is 0.422 e. The molecule has 0 radical (unpaired) electrons. The van der Waals surface area contributed by atoms with E-state index in [1.807, 2.05) is 0 Å². The Balaban J connectivity index is 1.93. The van der Waals surface area contributed by atoms with E-state index >= 15 is 0 Å². The first-order valence-electron chi connectivity index (χ1n) is 7.67. The van der Waals surface area contributed by atoms with Crippen molar-refractivity contribution >= 4 is 40.8 Å². The standard InChI is InChI=1S/C17H13Cl2F3N2O4/c1-9(15(25)24-13-4-3-11(18)6-12(13)19)28-16(26)10-2-5-14(23-7-10)27-8-17(20,21)22/h2-7,9H,8H2,1H3,(H,24,25). The highest BCUT2D eigenvalue weighted by atomic mass is 35.5. The number of anilines is 1. The zero-order valence-electron chi connectivity index (χ0n) is 14.2. The van der Waals surface area contributed by atoms with Gasteiger partial charge in [-0.2, -0.15) is 13.2 Å². The maximum absolute atomic E-state index is 12.1. The van der Waals surface area contributed by atoms with E-state index in [2.05, 4.69) is 15.0 Å². The predicted octanol–water partition coefficient (Wildman–Crippen LogP) is 4.51. The number of amides is 1. The summed E-state index contributed by atoms with van der Waals surface area (Å²) in [4.78, 5) is 27.8. The summed E-state index contributed by atoms with van der Waals surface area (Å²) >= 11 is 11.7. The average molecular weight is 437 g/mol. The van der Waals surface area contributed by atoms with E-state index in [4.69, 9.17) is 27.9 Å². The minimum atomic E-state index is -4.50. The molecule has 0 saturated heterocycles. The number of aromatic nitrogens is 1. The molecule has 150 valence electrons. The fourth-order valence-corrected chi connectivity index (χ4v) is 2.31. The number of carbonyl (C=O) groups is 2. The molecular formula is C17H13Cl2F3N2O4. The number of esters is 1. The fourth-order valence-electron chi connectivity index (χ4n) is 1.85. The van der Waals surface area contributed by atoms with Crippen molar-refractivity contribution in [2.75, 3.05) is 11.9 Å². The van der Waals surface area contributed by atoms with Gasteiger partial charge in [-0.05, 0) is 31.2 Å². The van der Waals surface area contributed by atoms with Crippen molar-refractivity contribution in [2.45, 2.75) is 19.2 Å². The van der Waals surface area contributed by atoms with Gasteiger partial charge in [0.2, 0.25) is 5.88 Å². The molecule has 1 atom stereocenters. The number of halogens is 5. The van der Waals surface area contributed by atoms with Crippen molar-refractivity contribution < 1.29 is 32.2 Å². The Kier molecular flexibility index (Phi) is 7.09. The Morgan fingerprint density at radius 3 is 2.50 bits per heavy atom. The van der Waals surface area contributed by atoms with Crippen molar-refractivity contribution in [1.29, 1.82) is 0 Å². The monoisotopic (exact) mass is 436 g/mol. The van der Waals surface area contributed by atoms with Crippen LogP contribution in [0.2, 0.25) is 10.0 Å². The SMILES string of the molecule is CC(OC(=O)c1ccc(OCC(F)(F)F)nc1)C(=O)Nc1ccc(Cl)cc1Cl. The Morgan fingerprint density at radius 1 is 1.21 bits per heavy atom. The quantitative estimate of drug-likeness (QED) is 0.673.